The van der Waals surface area contributed by atoms with Crippen LogP contribution < -0.4 is 0 Å². The molecule has 1 amide bonds. The quantitative estimate of drug-likeness (QED) is 0.577. The highest BCUT2D eigenvalue weighted by molar-refractivity contribution is 7.99. The first-order valence-electron chi connectivity index (χ1n) is 4.26. The first-order chi connectivity index (χ1) is 5.75. The summed E-state index contributed by atoms with van der Waals surface area (Å²) in [7, 11) is 0. The fourth-order valence-electron chi connectivity index (χ4n) is 1.29. The first-order valence-corrected chi connectivity index (χ1v) is 5.42. The van der Waals surface area contributed by atoms with Gasteiger partial charge in [-0.3, -0.25) is 4.79 Å². The van der Waals surface area contributed by atoms with Crippen molar-refractivity contribution in [3.63, 3.8) is 0 Å². The number of hydrogen-bond acceptors (Lipinski definition) is 2. The molecule has 3 heteroatoms. The van der Waals surface area contributed by atoms with Crippen molar-refractivity contribution in [2.45, 2.75) is 19.9 Å². The molecule has 1 rings (SSSR count). The van der Waals surface area contributed by atoms with Crippen LogP contribution in [0.4, 0.5) is 0 Å². The molecule has 0 N–H and O–H groups in total. The molecule has 0 saturated carbocycles. The number of amides is 1. The molecule has 0 spiro atoms. The molecule has 1 aliphatic rings. The van der Waals surface area contributed by atoms with Gasteiger partial charge in [0, 0.05) is 24.1 Å². The summed E-state index contributed by atoms with van der Waals surface area (Å²) >= 11 is 1.92. The van der Waals surface area contributed by atoms with Crippen LogP contribution in [0.5, 0.6) is 0 Å². The standard InChI is InChI=1S/C9H15NOS/c1-3-4-9(11)10-5-6-12-7-8(10)2/h3-4,8H,5-7H2,1-2H3. The third-order valence-corrected chi connectivity index (χ3v) is 3.15. The van der Waals surface area contributed by atoms with Gasteiger partial charge in [0.15, 0.2) is 0 Å². The SMILES string of the molecule is CC=CC(=O)N1CCSCC1C. The summed E-state index contributed by atoms with van der Waals surface area (Å²) in [5.74, 6) is 2.31. The second-order valence-electron chi connectivity index (χ2n) is 2.96. The molecule has 0 aromatic carbocycles. The van der Waals surface area contributed by atoms with E-state index >= 15 is 0 Å². The Morgan fingerprint density at radius 3 is 3.00 bits per heavy atom. The number of carbonyl (C=O) groups is 1. The predicted octanol–water partition coefficient (Wildman–Crippen LogP) is 1.53. The van der Waals surface area contributed by atoms with E-state index in [2.05, 4.69) is 6.92 Å². The minimum Gasteiger partial charge on any atom is -0.335 e. The summed E-state index contributed by atoms with van der Waals surface area (Å²) in [6, 6.07) is 0.396. The molecular weight excluding hydrogens is 170 g/mol. The smallest absolute Gasteiger partial charge is 0.246 e. The highest BCUT2D eigenvalue weighted by Gasteiger charge is 2.21. The maximum atomic E-state index is 11.4. The van der Waals surface area contributed by atoms with Crippen molar-refractivity contribution in [3.8, 4) is 0 Å². The van der Waals surface area contributed by atoms with Crippen LogP contribution in [0.1, 0.15) is 13.8 Å². The first kappa shape index (κ1) is 9.65. The molecule has 1 heterocycles. The van der Waals surface area contributed by atoms with Crippen molar-refractivity contribution in [3.05, 3.63) is 12.2 Å². The number of nitrogens with zero attached hydrogens (tertiary/aromatic N) is 1. The number of carbonyl (C=O) groups excluding carboxylic acids is 1. The van der Waals surface area contributed by atoms with E-state index in [1.165, 1.54) is 0 Å². The number of thioether (sulfide) groups is 1. The number of rotatable bonds is 1. The second kappa shape index (κ2) is 4.55. The molecule has 0 bridgehead atoms. The molecule has 0 aromatic rings. The molecule has 1 aliphatic heterocycles. The van der Waals surface area contributed by atoms with Crippen molar-refractivity contribution < 1.29 is 4.79 Å². The van der Waals surface area contributed by atoms with Gasteiger partial charge < -0.3 is 4.90 Å². The molecule has 12 heavy (non-hydrogen) atoms. The lowest BCUT2D eigenvalue weighted by Gasteiger charge is -2.32. The number of allylic oxidation sites excluding steroid dienone is 1. The van der Waals surface area contributed by atoms with Crippen LogP contribution >= 0.6 is 11.8 Å². The molecule has 0 aliphatic carbocycles. The molecule has 1 unspecified atom stereocenters. The van der Waals surface area contributed by atoms with Gasteiger partial charge in [-0.2, -0.15) is 11.8 Å². The molecule has 0 radical (unpaired) electrons. The predicted molar refractivity (Wildman–Crippen MR) is 53.3 cm³/mol. The van der Waals surface area contributed by atoms with Crippen LogP contribution in [0.3, 0.4) is 0 Å². The van der Waals surface area contributed by atoms with Crippen LogP contribution in [-0.4, -0.2) is 34.9 Å². The molecule has 2 nitrogen and oxygen atoms in total. The van der Waals surface area contributed by atoms with E-state index in [0.717, 1.165) is 18.1 Å². The van der Waals surface area contributed by atoms with E-state index in [1.807, 2.05) is 23.6 Å². The van der Waals surface area contributed by atoms with Gasteiger partial charge in [0.1, 0.15) is 0 Å². The molecule has 68 valence electrons. The summed E-state index contributed by atoms with van der Waals surface area (Å²) < 4.78 is 0. The van der Waals surface area contributed by atoms with Crippen LogP contribution in [0, 0.1) is 0 Å². The van der Waals surface area contributed by atoms with Crippen LogP contribution in [-0.2, 0) is 4.79 Å². The molecule has 1 saturated heterocycles. The van der Waals surface area contributed by atoms with Crippen molar-refractivity contribution >= 4 is 17.7 Å². The normalized spacial score (nSPS) is 24.8. The molecular formula is C9H15NOS. The summed E-state index contributed by atoms with van der Waals surface area (Å²) in [5, 5.41) is 0. The summed E-state index contributed by atoms with van der Waals surface area (Å²) in [4.78, 5) is 13.4. The highest BCUT2D eigenvalue weighted by Crippen LogP contribution is 2.15. The Bertz CT molecular complexity index is 191. The van der Waals surface area contributed by atoms with Crippen molar-refractivity contribution in [2.75, 3.05) is 18.1 Å². The van der Waals surface area contributed by atoms with E-state index in [9.17, 15) is 4.79 Å². The minimum absolute atomic E-state index is 0.158. The Balaban J connectivity index is 2.53. The number of hydrogen-bond donors (Lipinski definition) is 0. The van der Waals surface area contributed by atoms with Gasteiger partial charge in [-0.05, 0) is 19.9 Å². The fraction of sp³-hybridized carbons (Fsp3) is 0.667. The summed E-state index contributed by atoms with van der Waals surface area (Å²) in [5.41, 5.74) is 0. The van der Waals surface area contributed by atoms with Crippen LogP contribution in [0.2, 0.25) is 0 Å². The Kier molecular flexibility index (Phi) is 3.66. The zero-order valence-corrected chi connectivity index (χ0v) is 8.43. The van der Waals surface area contributed by atoms with Gasteiger partial charge in [-0.1, -0.05) is 6.08 Å². The van der Waals surface area contributed by atoms with Gasteiger partial charge >= 0.3 is 0 Å². The van der Waals surface area contributed by atoms with Gasteiger partial charge in [0.2, 0.25) is 5.91 Å². The van der Waals surface area contributed by atoms with E-state index in [1.54, 1.807) is 12.2 Å². The largest absolute Gasteiger partial charge is 0.335 e. The molecule has 1 fully saturated rings. The van der Waals surface area contributed by atoms with Crippen molar-refractivity contribution in [2.24, 2.45) is 0 Å². The Labute approximate surface area is 78.0 Å². The Morgan fingerprint density at radius 2 is 2.42 bits per heavy atom. The van der Waals surface area contributed by atoms with Gasteiger partial charge in [-0.25, -0.2) is 0 Å². The third kappa shape index (κ3) is 2.27. The highest BCUT2D eigenvalue weighted by atomic mass is 32.2. The average Bonchev–Trinajstić information content (AvgIpc) is 2.05. The van der Waals surface area contributed by atoms with Crippen LogP contribution in [0.15, 0.2) is 12.2 Å². The van der Waals surface area contributed by atoms with Crippen molar-refractivity contribution in [1.82, 2.24) is 4.90 Å². The van der Waals surface area contributed by atoms with Crippen LogP contribution in [0.25, 0.3) is 0 Å². The molecule has 0 aromatic heterocycles. The van der Waals surface area contributed by atoms with Gasteiger partial charge in [0.25, 0.3) is 0 Å². The Hall–Kier alpha value is -0.440. The van der Waals surface area contributed by atoms with E-state index in [-0.39, 0.29) is 5.91 Å². The van der Waals surface area contributed by atoms with E-state index in [4.69, 9.17) is 0 Å². The average molecular weight is 185 g/mol. The minimum atomic E-state index is 0.158. The lowest BCUT2D eigenvalue weighted by Crippen LogP contribution is -2.43. The van der Waals surface area contributed by atoms with Gasteiger partial charge in [0.05, 0.1) is 0 Å². The third-order valence-electron chi connectivity index (χ3n) is 1.96. The second-order valence-corrected chi connectivity index (χ2v) is 4.11. The summed E-state index contributed by atoms with van der Waals surface area (Å²) in [6.45, 7) is 4.88. The zero-order chi connectivity index (χ0) is 8.97. The maximum Gasteiger partial charge on any atom is 0.246 e. The lowest BCUT2D eigenvalue weighted by atomic mass is 10.3. The van der Waals surface area contributed by atoms with Gasteiger partial charge in [-0.15, -0.1) is 0 Å². The van der Waals surface area contributed by atoms with Crippen molar-refractivity contribution in [1.29, 1.82) is 0 Å². The van der Waals surface area contributed by atoms with E-state index in [0.29, 0.717) is 6.04 Å². The zero-order valence-electron chi connectivity index (χ0n) is 7.62. The maximum absolute atomic E-state index is 11.4. The monoisotopic (exact) mass is 185 g/mol. The Morgan fingerprint density at radius 1 is 1.67 bits per heavy atom. The topological polar surface area (TPSA) is 20.3 Å². The van der Waals surface area contributed by atoms with E-state index < -0.39 is 0 Å². The summed E-state index contributed by atoms with van der Waals surface area (Å²) in [6.07, 6.45) is 3.45. The lowest BCUT2D eigenvalue weighted by molar-refractivity contribution is -0.127. The fourth-order valence-corrected chi connectivity index (χ4v) is 2.31. The molecule has 1 atom stereocenters.